The molecule has 0 atom stereocenters. The topological polar surface area (TPSA) is 60.2 Å². The molecule has 0 saturated carbocycles. The summed E-state index contributed by atoms with van der Waals surface area (Å²) in [5, 5.41) is 6.30. The Kier molecular flexibility index (Phi) is 5.01. The quantitative estimate of drug-likeness (QED) is 0.800. The molecule has 0 bridgehead atoms. The lowest BCUT2D eigenvalue weighted by Gasteiger charge is -2.14. The predicted molar refractivity (Wildman–Crippen MR) is 85.6 cm³/mol. The largest absolute Gasteiger partial charge is 0.488 e. The van der Waals surface area contributed by atoms with Crippen molar-refractivity contribution < 1.29 is 9.13 Å². The molecule has 0 saturated heterocycles. The summed E-state index contributed by atoms with van der Waals surface area (Å²) in [6.07, 6.45) is 0.713. The summed E-state index contributed by atoms with van der Waals surface area (Å²) >= 11 is 1.64. The number of nitrogens with two attached hydrogens (primary N) is 1. The van der Waals surface area contributed by atoms with Gasteiger partial charge in [-0.2, -0.15) is 0 Å². The van der Waals surface area contributed by atoms with Gasteiger partial charge in [-0.1, -0.05) is 0 Å². The van der Waals surface area contributed by atoms with Crippen molar-refractivity contribution in [2.75, 3.05) is 17.6 Å². The molecule has 0 spiro atoms. The fraction of sp³-hybridized carbons (Fsp3) is 0.400. The van der Waals surface area contributed by atoms with E-state index in [4.69, 9.17) is 10.5 Å². The van der Waals surface area contributed by atoms with E-state index in [-0.39, 0.29) is 11.9 Å². The SMILES string of the molecule is Cc1csc(CCNc2cc(OC(C)C)c(F)cc2N)n1. The maximum absolute atomic E-state index is 13.7. The summed E-state index contributed by atoms with van der Waals surface area (Å²) in [5.74, 6) is -0.228. The van der Waals surface area contributed by atoms with Crippen molar-refractivity contribution in [1.82, 2.24) is 4.98 Å². The lowest BCUT2D eigenvalue weighted by molar-refractivity contribution is 0.231. The molecule has 0 fully saturated rings. The smallest absolute Gasteiger partial charge is 0.167 e. The third-order valence-corrected chi connectivity index (χ3v) is 3.81. The van der Waals surface area contributed by atoms with Crippen molar-refractivity contribution in [3.63, 3.8) is 0 Å². The predicted octanol–water partition coefficient (Wildman–Crippen LogP) is 3.61. The molecule has 0 aliphatic rings. The number of halogens is 1. The monoisotopic (exact) mass is 309 g/mol. The van der Waals surface area contributed by atoms with E-state index in [2.05, 4.69) is 10.3 Å². The van der Waals surface area contributed by atoms with Crippen LogP contribution in [0, 0.1) is 12.7 Å². The second-order valence-corrected chi connectivity index (χ2v) is 6.04. The van der Waals surface area contributed by atoms with Gasteiger partial charge in [0.1, 0.15) is 0 Å². The molecule has 21 heavy (non-hydrogen) atoms. The van der Waals surface area contributed by atoms with Crippen LogP contribution in [0.1, 0.15) is 24.5 Å². The molecule has 1 heterocycles. The zero-order chi connectivity index (χ0) is 15.4. The Labute approximate surface area is 128 Å². The third-order valence-electron chi connectivity index (χ3n) is 2.79. The van der Waals surface area contributed by atoms with Crippen molar-refractivity contribution in [2.45, 2.75) is 33.3 Å². The van der Waals surface area contributed by atoms with E-state index in [0.717, 1.165) is 17.1 Å². The minimum Gasteiger partial charge on any atom is -0.488 e. The molecule has 1 aromatic carbocycles. The number of benzene rings is 1. The molecule has 4 nitrogen and oxygen atoms in total. The van der Waals surface area contributed by atoms with Gasteiger partial charge in [0.25, 0.3) is 0 Å². The Bertz CT molecular complexity index is 613. The van der Waals surface area contributed by atoms with Crippen molar-refractivity contribution in [3.05, 3.63) is 34.0 Å². The Morgan fingerprint density at radius 2 is 2.19 bits per heavy atom. The Morgan fingerprint density at radius 3 is 2.81 bits per heavy atom. The lowest BCUT2D eigenvalue weighted by atomic mass is 10.2. The number of nitrogens with one attached hydrogen (secondary N) is 1. The molecular formula is C15H20FN3OS. The van der Waals surface area contributed by atoms with Gasteiger partial charge >= 0.3 is 0 Å². The minimum absolute atomic E-state index is 0.0886. The summed E-state index contributed by atoms with van der Waals surface area (Å²) in [7, 11) is 0. The standard InChI is InChI=1S/C15H20FN3OS/c1-9(2)20-14-7-13(12(17)6-11(14)16)18-5-4-15-19-10(3)8-21-15/h6-9,18H,4-5,17H2,1-3H3. The third kappa shape index (κ3) is 4.32. The Balaban J connectivity index is 2.01. The summed E-state index contributed by atoms with van der Waals surface area (Å²) in [5.41, 5.74) is 7.92. The average molecular weight is 309 g/mol. The van der Waals surface area contributed by atoms with Crippen LogP contribution in [0.3, 0.4) is 0 Å². The van der Waals surface area contributed by atoms with Gasteiger partial charge in [-0.15, -0.1) is 11.3 Å². The number of hydrogen-bond acceptors (Lipinski definition) is 5. The van der Waals surface area contributed by atoms with Crippen LogP contribution in [0.25, 0.3) is 0 Å². The van der Waals surface area contributed by atoms with Crippen molar-refractivity contribution in [2.24, 2.45) is 0 Å². The zero-order valence-electron chi connectivity index (χ0n) is 12.4. The molecule has 2 rings (SSSR count). The molecule has 0 amide bonds. The van der Waals surface area contributed by atoms with Crippen LogP contribution < -0.4 is 15.8 Å². The van der Waals surface area contributed by atoms with Gasteiger partial charge in [-0.3, -0.25) is 0 Å². The molecule has 3 N–H and O–H groups in total. The number of nitrogens with zero attached hydrogens (tertiary/aromatic N) is 1. The number of aromatic nitrogens is 1. The number of aryl methyl sites for hydroxylation is 1. The lowest BCUT2D eigenvalue weighted by Crippen LogP contribution is -2.10. The van der Waals surface area contributed by atoms with Gasteiger partial charge in [-0.25, -0.2) is 9.37 Å². The van der Waals surface area contributed by atoms with Gasteiger partial charge in [-0.05, 0) is 20.8 Å². The van der Waals surface area contributed by atoms with E-state index in [1.807, 2.05) is 26.2 Å². The first-order valence-corrected chi connectivity index (χ1v) is 7.74. The molecule has 0 radical (unpaired) electrons. The normalized spacial score (nSPS) is 10.9. The van der Waals surface area contributed by atoms with Gasteiger partial charge in [0.2, 0.25) is 0 Å². The average Bonchev–Trinajstić information content (AvgIpc) is 2.80. The highest BCUT2D eigenvalue weighted by Crippen LogP contribution is 2.29. The minimum atomic E-state index is -0.442. The Morgan fingerprint density at radius 1 is 1.43 bits per heavy atom. The fourth-order valence-electron chi connectivity index (χ4n) is 1.89. The number of thiazole rings is 1. The maximum Gasteiger partial charge on any atom is 0.167 e. The van der Waals surface area contributed by atoms with Gasteiger partial charge in [0, 0.05) is 36.2 Å². The van der Waals surface area contributed by atoms with E-state index in [0.29, 0.717) is 17.9 Å². The summed E-state index contributed by atoms with van der Waals surface area (Å²) in [4.78, 5) is 4.40. The summed E-state index contributed by atoms with van der Waals surface area (Å²) in [6, 6.07) is 2.89. The maximum atomic E-state index is 13.7. The van der Waals surface area contributed by atoms with Crippen LogP contribution in [0.4, 0.5) is 15.8 Å². The van der Waals surface area contributed by atoms with E-state index in [1.165, 1.54) is 6.07 Å². The molecule has 0 unspecified atom stereocenters. The van der Waals surface area contributed by atoms with Crippen molar-refractivity contribution in [1.29, 1.82) is 0 Å². The Hall–Kier alpha value is -1.82. The molecule has 0 aliphatic heterocycles. The summed E-state index contributed by atoms with van der Waals surface area (Å²) < 4.78 is 19.2. The molecule has 114 valence electrons. The van der Waals surface area contributed by atoms with Crippen LogP contribution >= 0.6 is 11.3 Å². The van der Waals surface area contributed by atoms with E-state index < -0.39 is 5.82 Å². The molecular weight excluding hydrogens is 289 g/mol. The van der Waals surface area contributed by atoms with E-state index in [9.17, 15) is 4.39 Å². The van der Waals surface area contributed by atoms with Crippen LogP contribution in [0.2, 0.25) is 0 Å². The number of nitrogen functional groups attached to an aromatic ring is 1. The number of rotatable bonds is 6. The fourth-order valence-corrected chi connectivity index (χ4v) is 2.66. The molecule has 0 aliphatic carbocycles. The highest BCUT2D eigenvalue weighted by Gasteiger charge is 2.10. The molecule has 2 aromatic rings. The van der Waals surface area contributed by atoms with Crippen molar-refractivity contribution in [3.8, 4) is 5.75 Å². The molecule has 1 aromatic heterocycles. The molecule has 6 heteroatoms. The van der Waals surface area contributed by atoms with Crippen LogP contribution in [-0.2, 0) is 6.42 Å². The highest BCUT2D eigenvalue weighted by molar-refractivity contribution is 7.09. The van der Waals surface area contributed by atoms with Crippen molar-refractivity contribution >= 4 is 22.7 Å². The van der Waals surface area contributed by atoms with Gasteiger partial charge < -0.3 is 15.8 Å². The number of anilines is 2. The first-order chi connectivity index (χ1) is 9.95. The van der Waals surface area contributed by atoms with Crippen LogP contribution in [0.15, 0.2) is 17.5 Å². The number of hydrogen-bond donors (Lipinski definition) is 2. The second kappa shape index (κ2) is 6.76. The van der Waals surface area contributed by atoms with E-state index in [1.54, 1.807) is 17.4 Å². The van der Waals surface area contributed by atoms with Crippen LogP contribution in [-0.4, -0.2) is 17.6 Å². The highest BCUT2D eigenvalue weighted by atomic mass is 32.1. The first kappa shape index (κ1) is 15.6. The van der Waals surface area contributed by atoms with Crippen LogP contribution in [0.5, 0.6) is 5.75 Å². The zero-order valence-corrected chi connectivity index (χ0v) is 13.3. The van der Waals surface area contributed by atoms with Gasteiger partial charge in [0.05, 0.1) is 22.5 Å². The van der Waals surface area contributed by atoms with E-state index >= 15 is 0 Å². The number of ether oxygens (including phenoxy) is 1. The first-order valence-electron chi connectivity index (χ1n) is 6.86. The summed E-state index contributed by atoms with van der Waals surface area (Å²) in [6.45, 7) is 6.37. The second-order valence-electron chi connectivity index (χ2n) is 5.10. The van der Waals surface area contributed by atoms with Gasteiger partial charge in [0.15, 0.2) is 11.6 Å².